The summed E-state index contributed by atoms with van der Waals surface area (Å²) in [5.74, 6) is 6.71. The first-order chi connectivity index (χ1) is 32.3. The molecule has 1 unspecified atom stereocenters. The average Bonchev–Trinajstić information content (AvgIpc) is 3.66. The highest BCUT2D eigenvalue weighted by Crippen LogP contribution is 2.41. The molecule has 0 spiro atoms. The van der Waals surface area contributed by atoms with Crippen LogP contribution in [0.5, 0.6) is 5.75 Å². The summed E-state index contributed by atoms with van der Waals surface area (Å²) in [7, 11) is -0.977. The van der Waals surface area contributed by atoms with Crippen LogP contribution in [0.3, 0.4) is 0 Å². The van der Waals surface area contributed by atoms with Gasteiger partial charge in [-0.2, -0.15) is 4.98 Å². The predicted octanol–water partition coefficient (Wildman–Crippen LogP) is 6.29. The van der Waals surface area contributed by atoms with Gasteiger partial charge in [0.05, 0.1) is 34.3 Å². The number of unbranched alkanes of at least 4 members (excludes halogenated alkanes) is 1. The van der Waals surface area contributed by atoms with Gasteiger partial charge in [-0.15, -0.1) is 0 Å². The Hall–Kier alpha value is -6.05. The zero-order chi connectivity index (χ0) is 47.2. The van der Waals surface area contributed by atoms with Gasteiger partial charge in [0.25, 0.3) is 5.91 Å². The number of fused-ring (bicyclic) bond motifs is 1. The van der Waals surface area contributed by atoms with Crippen molar-refractivity contribution in [2.45, 2.75) is 57.2 Å². The van der Waals surface area contributed by atoms with Gasteiger partial charge in [-0.25, -0.2) is 4.98 Å². The quantitative estimate of drug-likeness (QED) is 0.0365. The third kappa shape index (κ3) is 11.1. The number of amides is 4. The summed E-state index contributed by atoms with van der Waals surface area (Å²) in [6.07, 6.45) is 7.07. The number of ether oxygens (including phenoxy) is 1. The molecule has 4 aromatic rings. The van der Waals surface area contributed by atoms with Crippen LogP contribution in [-0.2, 0) is 25.5 Å². The maximum Gasteiger partial charge on any atom is 0.255 e. The lowest BCUT2D eigenvalue weighted by Crippen LogP contribution is -2.53. The molecule has 350 valence electrons. The molecule has 3 fully saturated rings. The van der Waals surface area contributed by atoms with E-state index < -0.39 is 19.1 Å². The van der Waals surface area contributed by atoms with Crippen LogP contribution in [-0.4, -0.2) is 127 Å². The van der Waals surface area contributed by atoms with Crippen LogP contribution < -0.4 is 36.2 Å². The molecule has 3 saturated heterocycles. The highest BCUT2D eigenvalue weighted by Gasteiger charge is 2.40. The van der Waals surface area contributed by atoms with Crippen molar-refractivity contribution in [3.8, 4) is 17.6 Å². The number of para-hydroxylation sites is 1. The fourth-order valence-corrected chi connectivity index (χ4v) is 10.7. The number of hydrogen-bond donors (Lipinski definition) is 4. The number of carbonyl (C=O) groups is 4. The Kier molecular flexibility index (Phi) is 14.8. The van der Waals surface area contributed by atoms with E-state index in [1.54, 1.807) is 37.6 Å². The Bertz CT molecular complexity index is 2680. The Morgan fingerprint density at radius 2 is 1.76 bits per heavy atom. The van der Waals surface area contributed by atoms with Crippen molar-refractivity contribution in [2.75, 3.05) is 87.1 Å². The van der Waals surface area contributed by atoms with Crippen molar-refractivity contribution in [3.63, 3.8) is 0 Å². The summed E-state index contributed by atoms with van der Waals surface area (Å²) in [5.41, 5.74) is 4.94. The minimum atomic E-state index is -2.58. The van der Waals surface area contributed by atoms with Gasteiger partial charge in [-0.05, 0) is 103 Å². The van der Waals surface area contributed by atoms with Crippen LogP contribution in [0.4, 0.5) is 34.5 Å². The molecule has 16 nitrogen and oxygen atoms in total. The molecule has 8 rings (SSSR count). The Labute approximate surface area is 399 Å². The van der Waals surface area contributed by atoms with Gasteiger partial charge in [-0.3, -0.25) is 29.4 Å². The fraction of sp³-hybridized carbons (Fsp3) is 0.388. The van der Waals surface area contributed by atoms with Gasteiger partial charge in [0.15, 0.2) is 0 Å². The highest BCUT2D eigenvalue weighted by atomic mass is 79.9. The fourth-order valence-electron chi connectivity index (χ4n) is 9.27. The highest BCUT2D eigenvalue weighted by molar-refractivity contribution is 9.10. The van der Waals surface area contributed by atoms with Crippen molar-refractivity contribution in [3.05, 3.63) is 94.6 Å². The minimum Gasteiger partial charge on any atom is -0.494 e. The normalized spacial score (nSPS) is 18.1. The van der Waals surface area contributed by atoms with Crippen LogP contribution in [0.2, 0.25) is 0 Å². The average molecular weight is 992 g/mol. The summed E-state index contributed by atoms with van der Waals surface area (Å²) in [6, 6.07) is 16.6. The van der Waals surface area contributed by atoms with Crippen molar-refractivity contribution >= 4 is 86.5 Å². The second-order valence-corrected chi connectivity index (χ2v) is 21.5. The lowest BCUT2D eigenvalue weighted by atomic mass is 10.0. The molecule has 0 aliphatic carbocycles. The molecule has 1 aromatic heterocycles. The van der Waals surface area contributed by atoms with Crippen molar-refractivity contribution in [1.29, 1.82) is 0 Å². The molecular formula is C49H56BrN10O6P. The summed E-state index contributed by atoms with van der Waals surface area (Å²) in [5, 5.41) is 12.7. The zero-order valence-electron chi connectivity index (χ0n) is 38.1. The molecular weight excluding hydrogens is 935 g/mol. The number of aromatic nitrogens is 2. The SMILES string of the molecule is C=CC(=O)Nc1cc(Nc2ncc(Br)c(Nc3ccccc3P(C)(C)=O)n2)c(OC)cc1N1CCC(N2CCN(CCCC#Cc3cccc4c3CN(C3CCC(=O)NC3=O)C4=O)CC2)CC1. The molecule has 0 bridgehead atoms. The van der Waals surface area contributed by atoms with Crippen LogP contribution in [0, 0.1) is 11.8 Å². The molecule has 4 aliphatic rings. The summed E-state index contributed by atoms with van der Waals surface area (Å²) in [4.78, 5) is 68.3. The molecule has 0 radical (unpaired) electrons. The molecule has 4 N–H and O–H groups in total. The lowest BCUT2D eigenvalue weighted by Gasteiger charge is -2.43. The minimum absolute atomic E-state index is 0.189. The number of hydrogen-bond acceptors (Lipinski definition) is 13. The first-order valence-corrected chi connectivity index (χ1v) is 26.0. The first kappa shape index (κ1) is 47.4. The second kappa shape index (κ2) is 20.9. The van der Waals surface area contributed by atoms with Crippen molar-refractivity contribution in [1.82, 2.24) is 30.0 Å². The van der Waals surface area contributed by atoms with Crippen molar-refractivity contribution < 1.29 is 28.5 Å². The molecule has 4 aliphatic heterocycles. The number of piperidine rings is 2. The number of nitrogens with one attached hydrogen (secondary N) is 4. The van der Waals surface area contributed by atoms with E-state index in [0.29, 0.717) is 63.0 Å². The third-order valence-electron chi connectivity index (χ3n) is 12.8. The van der Waals surface area contributed by atoms with E-state index in [0.717, 1.165) is 88.3 Å². The number of piperazine rings is 1. The second-order valence-electron chi connectivity index (χ2n) is 17.5. The number of benzene rings is 3. The van der Waals surface area contributed by atoms with E-state index in [-0.39, 0.29) is 30.1 Å². The van der Waals surface area contributed by atoms with E-state index in [1.165, 1.54) is 6.08 Å². The zero-order valence-corrected chi connectivity index (χ0v) is 40.6. The van der Waals surface area contributed by atoms with Gasteiger partial charge >= 0.3 is 0 Å². The van der Waals surface area contributed by atoms with Gasteiger partial charge in [-0.1, -0.05) is 36.6 Å². The number of halogens is 1. The van der Waals surface area contributed by atoms with E-state index in [2.05, 4.69) is 75.3 Å². The largest absolute Gasteiger partial charge is 0.494 e. The molecule has 67 heavy (non-hydrogen) atoms. The number of anilines is 6. The van der Waals surface area contributed by atoms with Crippen molar-refractivity contribution in [2.24, 2.45) is 0 Å². The molecule has 0 saturated carbocycles. The summed E-state index contributed by atoms with van der Waals surface area (Å²) in [6.45, 7) is 14.0. The standard InChI is InChI=1S/C49H56BrN10O6P/c1-5-44(61)52-38-28-39(54-49-51-30-36(50)46(56-49)53-37-15-8-9-16-43(37)67(3,4)65)42(66-2)29-41(38)59-22-19-33(20-23-59)58-26-24-57(25-27-58)21-10-6-7-12-32-13-11-14-34-35(32)31-60(48(34)64)40-17-18-45(62)55-47(40)63/h5,8-9,11,13-16,28-30,33,40H,1,6,10,17-27,31H2,2-4H3,(H,52,61)(H,55,62,63)(H2,51,53,54,56). The number of carbonyl (C=O) groups excluding carboxylic acids is 4. The molecule has 18 heteroatoms. The molecule has 1 atom stereocenters. The summed E-state index contributed by atoms with van der Waals surface area (Å²) < 4.78 is 19.5. The van der Waals surface area contributed by atoms with E-state index in [9.17, 15) is 23.7 Å². The Balaban J connectivity index is 0.840. The number of imide groups is 1. The van der Waals surface area contributed by atoms with E-state index >= 15 is 0 Å². The lowest BCUT2D eigenvalue weighted by molar-refractivity contribution is -0.137. The monoisotopic (exact) mass is 990 g/mol. The van der Waals surface area contributed by atoms with E-state index in [4.69, 9.17) is 9.72 Å². The van der Waals surface area contributed by atoms with Crippen LogP contribution >= 0.6 is 23.1 Å². The topological polar surface area (TPSA) is 181 Å². The molecule has 4 amide bonds. The predicted molar refractivity (Wildman–Crippen MR) is 265 cm³/mol. The van der Waals surface area contributed by atoms with Gasteiger partial charge < -0.3 is 40.0 Å². The number of nitrogens with zero attached hydrogens (tertiary/aromatic N) is 6. The maximum atomic E-state index is 13.2. The number of rotatable bonds is 14. The third-order valence-corrected chi connectivity index (χ3v) is 14.9. The maximum absolute atomic E-state index is 13.2. The molecule has 3 aromatic carbocycles. The number of methoxy groups -OCH3 is 1. The van der Waals surface area contributed by atoms with Gasteiger partial charge in [0.1, 0.15) is 24.8 Å². The van der Waals surface area contributed by atoms with Crippen LogP contribution in [0.15, 0.2) is 77.9 Å². The first-order valence-electron chi connectivity index (χ1n) is 22.6. The molecule has 5 heterocycles. The summed E-state index contributed by atoms with van der Waals surface area (Å²) >= 11 is 3.55. The Morgan fingerprint density at radius 3 is 2.49 bits per heavy atom. The van der Waals surface area contributed by atoms with Gasteiger partial charge in [0.2, 0.25) is 23.7 Å². The van der Waals surface area contributed by atoms with Crippen LogP contribution in [0.25, 0.3) is 0 Å². The van der Waals surface area contributed by atoms with Crippen LogP contribution in [0.1, 0.15) is 60.0 Å². The van der Waals surface area contributed by atoms with Gasteiger partial charge in [0, 0.05) is 93.4 Å². The smallest absolute Gasteiger partial charge is 0.255 e. The Morgan fingerprint density at radius 1 is 0.985 bits per heavy atom. The van der Waals surface area contributed by atoms with E-state index in [1.807, 2.05) is 48.5 Å².